The van der Waals surface area contributed by atoms with Gasteiger partial charge in [0.1, 0.15) is 5.69 Å². The maximum atomic E-state index is 12.6. The van der Waals surface area contributed by atoms with Crippen LogP contribution in [0.3, 0.4) is 0 Å². The first-order valence-corrected chi connectivity index (χ1v) is 7.97. The summed E-state index contributed by atoms with van der Waals surface area (Å²) in [5.41, 5.74) is 1.93. The molecule has 0 spiro atoms. The van der Waals surface area contributed by atoms with Crippen LogP contribution in [0.15, 0.2) is 15.9 Å². The number of hydrogen-bond acceptors (Lipinski definition) is 3. The minimum atomic E-state index is 0.115. The van der Waals surface area contributed by atoms with E-state index in [-0.39, 0.29) is 5.91 Å². The Hall–Kier alpha value is -0.850. The van der Waals surface area contributed by atoms with Crippen molar-refractivity contribution in [1.82, 2.24) is 9.47 Å². The summed E-state index contributed by atoms with van der Waals surface area (Å²) in [4.78, 5) is 14.5. The molecule has 0 bridgehead atoms. The number of hydrogen-bond donors (Lipinski definition) is 0. The first-order chi connectivity index (χ1) is 9.20. The van der Waals surface area contributed by atoms with Crippen molar-refractivity contribution < 1.29 is 9.53 Å². The van der Waals surface area contributed by atoms with Gasteiger partial charge in [-0.2, -0.15) is 0 Å². The molecule has 0 radical (unpaired) electrons. The lowest BCUT2D eigenvalue weighted by atomic mass is 10.3. The molecular weight excluding hydrogens is 328 g/mol. The molecule has 0 aromatic carbocycles. The summed E-state index contributed by atoms with van der Waals surface area (Å²) in [5.74, 6) is 0.115. The second-order valence-corrected chi connectivity index (χ2v) is 6.94. The molecule has 1 amide bonds. The molecule has 102 valence electrons. The lowest BCUT2D eigenvalue weighted by Gasteiger charge is -2.27. The molecule has 3 heterocycles. The highest BCUT2D eigenvalue weighted by Crippen LogP contribution is 2.32. The molecule has 3 rings (SSSR count). The Morgan fingerprint density at radius 3 is 2.84 bits per heavy atom. The summed E-state index contributed by atoms with van der Waals surface area (Å²) in [7, 11) is 0. The van der Waals surface area contributed by atoms with Crippen LogP contribution in [0.25, 0.3) is 10.2 Å². The molecule has 19 heavy (non-hydrogen) atoms. The van der Waals surface area contributed by atoms with Gasteiger partial charge in [-0.1, -0.05) is 0 Å². The molecule has 0 atom stereocenters. The van der Waals surface area contributed by atoms with Gasteiger partial charge in [-0.3, -0.25) is 4.79 Å². The van der Waals surface area contributed by atoms with Crippen molar-refractivity contribution in [2.75, 3.05) is 26.3 Å². The molecule has 1 aliphatic rings. The fraction of sp³-hybridized carbons (Fsp3) is 0.462. The summed E-state index contributed by atoms with van der Waals surface area (Å²) in [6, 6.07) is 4.09. The molecule has 0 N–H and O–H groups in total. The number of nitrogens with zero attached hydrogens (tertiary/aromatic N) is 2. The van der Waals surface area contributed by atoms with E-state index in [2.05, 4.69) is 33.5 Å². The highest BCUT2D eigenvalue weighted by Gasteiger charge is 2.23. The van der Waals surface area contributed by atoms with E-state index in [4.69, 9.17) is 4.74 Å². The van der Waals surface area contributed by atoms with Crippen LogP contribution >= 0.6 is 27.3 Å². The zero-order valence-electron chi connectivity index (χ0n) is 10.7. The SMILES string of the molecule is CCn1c(C(=O)N2CCOCC2)cc2sc(Br)cc21. The number of aryl methyl sites for hydroxylation is 1. The zero-order chi connectivity index (χ0) is 13.4. The van der Waals surface area contributed by atoms with Gasteiger partial charge in [0.15, 0.2) is 0 Å². The number of aromatic nitrogens is 1. The van der Waals surface area contributed by atoms with Gasteiger partial charge in [-0.05, 0) is 35.0 Å². The van der Waals surface area contributed by atoms with Crippen LogP contribution in [0.1, 0.15) is 17.4 Å². The second kappa shape index (κ2) is 5.26. The lowest BCUT2D eigenvalue weighted by molar-refractivity contribution is 0.0296. The van der Waals surface area contributed by atoms with Crippen LogP contribution in [0.4, 0.5) is 0 Å². The second-order valence-electron chi connectivity index (χ2n) is 4.48. The summed E-state index contributed by atoms with van der Waals surface area (Å²) >= 11 is 5.17. The van der Waals surface area contributed by atoms with Crippen molar-refractivity contribution >= 4 is 43.4 Å². The Morgan fingerprint density at radius 1 is 1.42 bits per heavy atom. The largest absolute Gasteiger partial charge is 0.378 e. The smallest absolute Gasteiger partial charge is 0.270 e. The number of fused-ring (bicyclic) bond motifs is 1. The number of ether oxygens (including phenoxy) is 1. The van der Waals surface area contributed by atoms with E-state index in [9.17, 15) is 4.79 Å². The third-order valence-corrected chi connectivity index (χ3v) is 4.97. The molecule has 6 heteroatoms. The van der Waals surface area contributed by atoms with Crippen molar-refractivity contribution in [2.45, 2.75) is 13.5 Å². The van der Waals surface area contributed by atoms with Crippen LogP contribution < -0.4 is 0 Å². The van der Waals surface area contributed by atoms with Gasteiger partial charge < -0.3 is 14.2 Å². The highest BCUT2D eigenvalue weighted by atomic mass is 79.9. The molecule has 4 nitrogen and oxygen atoms in total. The third kappa shape index (κ3) is 2.32. The van der Waals surface area contributed by atoms with E-state index in [0.29, 0.717) is 26.3 Å². The van der Waals surface area contributed by atoms with Crippen molar-refractivity contribution in [1.29, 1.82) is 0 Å². The van der Waals surface area contributed by atoms with Crippen LogP contribution in [0, 0.1) is 0 Å². The van der Waals surface area contributed by atoms with E-state index in [1.165, 1.54) is 0 Å². The van der Waals surface area contributed by atoms with E-state index in [1.54, 1.807) is 11.3 Å². The van der Waals surface area contributed by atoms with Gasteiger partial charge in [-0.25, -0.2) is 0 Å². The Labute approximate surface area is 124 Å². The molecule has 1 fully saturated rings. The maximum Gasteiger partial charge on any atom is 0.270 e. The maximum absolute atomic E-state index is 12.6. The Kier molecular flexibility index (Phi) is 3.64. The van der Waals surface area contributed by atoms with Crippen LogP contribution in [0.2, 0.25) is 0 Å². The zero-order valence-corrected chi connectivity index (χ0v) is 13.1. The molecule has 2 aromatic rings. The number of morpholine rings is 1. The van der Waals surface area contributed by atoms with Gasteiger partial charge in [-0.15, -0.1) is 11.3 Å². The number of thiophene rings is 1. The summed E-state index contributed by atoms with van der Waals surface area (Å²) < 4.78 is 9.65. The molecule has 0 unspecified atom stereocenters. The number of rotatable bonds is 2. The first-order valence-electron chi connectivity index (χ1n) is 6.36. The van der Waals surface area contributed by atoms with Gasteiger partial charge >= 0.3 is 0 Å². The molecule has 1 saturated heterocycles. The first kappa shape index (κ1) is 13.1. The third-order valence-electron chi connectivity index (χ3n) is 3.39. The van der Waals surface area contributed by atoms with Gasteiger partial charge in [0.05, 0.1) is 27.2 Å². The number of amides is 1. The topological polar surface area (TPSA) is 34.5 Å². The van der Waals surface area contributed by atoms with Crippen molar-refractivity contribution in [3.8, 4) is 0 Å². The van der Waals surface area contributed by atoms with Crippen molar-refractivity contribution in [3.63, 3.8) is 0 Å². The highest BCUT2D eigenvalue weighted by molar-refractivity contribution is 9.11. The molecule has 0 saturated carbocycles. The quantitative estimate of drug-likeness (QED) is 0.840. The fourth-order valence-electron chi connectivity index (χ4n) is 2.46. The number of halogens is 1. The van der Waals surface area contributed by atoms with E-state index < -0.39 is 0 Å². The monoisotopic (exact) mass is 342 g/mol. The Balaban J connectivity index is 1.99. The van der Waals surface area contributed by atoms with Gasteiger partial charge in [0, 0.05) is 19.6 Å². The van der Waals surface area contributed by atoms with E-state index >= 15 is 0 Å². The van der Waals surface area contributed by atoms with E-state index in [1.807, 2.05) is 11.0 Å². The van der Waals surface area contributed by atoms with Crippen molar-refractivity contribution in [2.24, 2.45) is 0 Å². The molecular formula is C13H15BrN2O2S. The number of carbonyl (C=O) groups excluding carboxylic acids is 1. The predicted molar refractivity (Wildman–Crippen MR) is 79.9 cm³/mol. The van der Waals surface area contributed by atoms with Crippen LogP contribution in [-0.2, 0) is 11.3 Å². The van der Waals surface area contributed by atoms with Gasteiger partial charge in [0.2, 0.25) is 0 Å². The standard InChI is InChI=1S/C13H15BrN2O2S/c1-2-16-9-8-12(14)19-11(9)7-10(16)13(17)15-3-5-18-6-4-15/h7-8H,2-6H2,1H3. The fourth-order valence-corrected chi connectivity index (χ4v) is 4.02. The minimum absolute atomic E-state index is 0.115. The van der Waals surface area contributed by atoms with E-state index in [0.717, 1.165) is 26.2 Å². The summed E-state index contributed by atoms with van der Waals surface area (Å²) in [6.45, 7) is 5.52. The molecule has 1 aliphatic heterocycles. The molecule has 0 aliphatic carbocycles. The minimum Gasteiger partial charge on any atom is -0.378 e. The Morgan fingerprint density at radius 2 is 2.16 bits per heavy atom. The lowest BCUT2D eigenvalue weighted by Crippen LogP contribution is -2.41. The average molecular weight is 343 g/mol. The van der Waals surface area contributed by atoms with Crippen LogP contribution in [-0.4, -0.2) is 41.7 Å². The summed E-state index contributed by atoms with van der Waals surface area (Å²) in [5, 5.41) is 0. The van der Waals surface area contributed by atoms with Crippen molar-refractivity contribution in [3.05, 3.63) is 21.6 Å². The Bertz CT molecular complexity index is 613. The predicted octanol–water partition coefficient (Wildman–Crippen LogP) is 2.96. The normalized spacial score (nSPS) is 16.2. The van der Waals surface area contributed by atoms with Crippen LogP contribution in [0.5, 0.6) is 0 Å². The average Bonchev–Trinajstić information content (AvgIpc) is 2.94. The number of carbonyl (C=O) groups is 1. The van der Waals surface area contributed by atoms with Gasteiger partial charge in [0.25, 0.3) is 5.91 Å². The summed E-state index contributed by atoms with van der Waals surface area (Å²) in [6.07, 6.45) is 0. The molecule has 2 aromatic heterocycles.